The molecule has 150 valence electrons. The molecule has 2 N–H and O–H groups in total. The standard InChI is InChI=1S/C20H15F2N7O/c1-10-11(2)17(24-9-12(10)8-23)19(30)25-13-3-4-15-14(7-13)18(27-26-15)16-5-6-29(28-16)20(21)22/h3-7,9,20H,1-2H3,(H,25,30)(H,26,27). The number of alkyl halides is 2. The number of nitriles is 1. The van der Waals surface area contributed by atoms with Crippen LogP contribution in [0.4, 0.5) is 14.5 Å². The van der Waals surface area contributed by atoms with Gasteiger partial charge in [0.15, 0.2) is 0 Å². The number of hydrogen-bond acceptors (Lipinski definition) is 5. The van der Waals surface area contributed by atoms with E-state index in [0.717, 1.165) is 0 Å². The van der Waals surface area contributed by atoms with Gasteiger partial charge in [0, 0.05) is 23.5 Å². The van der Waals surface area contributed by atoms with Crippen molar-refractivity contribution in [3.05, 3.63) is 59.0 Å². The molecule has 3 heterocycles. The largest absolute Gasteiger partial charge is 0.333 e. The molecule has 0 atom stereocenters. The number of amides is 1. The molecule has 0 fully saturated rings. The Hall–Kier alpha value is -4.13. The molecule has 0 aliphatic rings. The average Bonchev–Trinajstić information content (AvgIpc) is 3.36. The van der Waals surface area contributed by atoms with Crippen molar-refractivity contribution in [3.63, 3.8) is 0 Å². The van der Waals surface area contributed by atoms with Gasteiger partial charge in [0.25, 0.3) is 5.91 Å². The van der Waals surface area contributed by atoms with Gasteiger partial charge in [-0.2, -0.15) is 24.2 Å². The molecule has 10 heteroatoms. The summed E-state index contributed by atoms with van der Waals surface area (Å²) < 4.78 is 26.2. The Kier molecular flexibility index (Phi) is 4.71. The lowest BCUT2D eigenvalue weighted by molar-refractivity contribution is 0.0568. The third-order valence-corrected chi connectivity index (χ3v) is 4.85. The number of hydrogen-bond donors (Lipinski definition) is 2. The van der Waals surface area contributed by atoms with E-state index in [4.69, 9.17) is 5.26 Å². The fourth-order valence-electron chi connectivity index (χ4n) is 3.09. The van der Waals surface area contributed by atoms with Gasteiger partial charge in [-0.05, 0) is 49.2 Å². The topological polar surface area (TPSA) is 112 Å². The zero-order valence-corrected chi connectivity index (χ0v) is 15.9. The lowest BCUT2D eigenvalue weighted by Crippen LogP contribution is -2.16. The minimum atomic E-state index is -2.74. The summed E-state index contributed by atoms with van der Waals surface area (Å²) in [5.41, 5.74) is 3.76. The summed E-state index contributed by atoms with van der Waals surface area (Å²) >= 11 is 0. The molecule has 0 unspecified atom stereocenters. The second-order valence-electron chi connectivity index (χ2n) is 6.63. The zero-order chi connectivity index (χ0) is 21.4. The van der Waals surface area contributed by atoms with Gasteiger partial charge in [-0.15, -0.1) is 0 Å². The van der Waals surface area contributed by atoms with Crippen LogP contribution in [0.5, 0.6) is 0 Å². The highest BCUT2D eigenvalue weighted by molar-refractivity contribution is 6.05. The Morgan fingerprint density at radius 1 is 1.27 bits per heavy atom. The number of benzene rings is 1. The molecule has 4 aromatic rings. The van der Waals surface area contributed by atoms with Gasteiger partial charge in [-0.3, -0.25) is 9.89 Å². The number of nitrogens with one attached hydrogen (secondary N) is 2. The molecule has 30 heavy (non-hydrogen) atoms. The Balaban J connectivity index is 1.66. The SMILES string of the molecule is Cc1c(C#N)cnc(C(=O)Nc2ccc3[nH]nc(-c4ccn(C(F)F)n4)c3c2)c1C. The molecule has 0 radical (unpaired) electrons. The predicted molar refractivity (Wildman–Crippen MR) is 105 cm³/mol. The van der Waals surface area contributed by atoms with Crippen molar-refractivity contribution >= 4 is 22.5 Å². The van der Waals surface area contributed by atoms with Crippen LogP contribution in [0.3, 0.4) is 0 Å². The van der Waals surface area contributed by atoms with Crippen molar-refractivity contribution < 1.29 is 13.6 Å². The summed E-state index contributed by atoms with van der Waals surface area (Å²) in [6, 6.07) is 8.57. The molecular formula is C20H15F2N7O. The van der Waals surface area contributed by atoms with Crippen LogP contribution in [0, 0.1) is 25.2 Å². The van der Waals surface area contributed by atoms with E-state index >= 15 is 0 Å². The van der Waals surface area contributed by atoms with Crippen molar-refractivity contribution in [2.24, 2.45) is 0 Å². The highest BCUT2D eigenvalue weighted by atomic mass is 19.3. The van der Waals surface area contributed by atoms with Crippen molar-refractivity contribution in [1.29, 1.82) is 5.26 Å². The van der Waals surface area contributed by atoms with Gasteiger partial charge >= 0.3 is 6.55 Å². The number of fused-ring (bicyclic) bond motifs is 1. The number of aromatic nitrogens is 5. The van der Waals surface area contributed by atoms with E-state index in [1.54, 1.807) is 32.0 Å². The van der Waals surface area contributed by atoms with Crippen LogP contribution in [0.15, 0.2) is 36.7 Å². The summed E-state index contributed by atoms with van der Waals surface area (Å²) in [6.45, 7) is 0.745. The van der Waals surface area contributed by atoms with Crippen LogP contribution >= 0.6 is 0 Å². The van der Waals surface area contributed by atoms with Crippen LogP contribution in [0.25, 0.3) is 22.3 Å². The smallest absolute Gasteiger partial charge is 0.321 e. The third kappa shape index (κ3) is 3.26. The van der Waals surface area contributed by atoms with E-state index in [0.29, 0.717) is 43.7 Å². The first kappa shape index (κ1) is 19.2. The zero-order valence-electron chi connectivity index (χ0n) is 15.9. The van der Waals surface area contributed by atoms with Crippen molar-refractivity contribution in [2.75, 3.05) is 5.32 Å². The summed E-state index contributed by atoms with van der Waals surface area (Å²) in [4.78, 5) is 16.8. The second-order valence-corrected chi connectivity index (χ2v) is 6.63. The van der Waals surface area contributed by atoms with Gasteiger partial charge in [0.1, 0.15) is 23.2 Å². The number of carbonyl (C=O) groups is 1. The minimum Gasteiger partial charge on any atom is -0.321 e. The maximum atomic E-state index is 12.8. The first-order chi connectivity index (χ1) is 14.4. The van der Waals surface area contributed by atoms with Gasteiger partial charge in [-0.1, -0.05) is 0 Å². The number of rotatable bonds is 4. The van der Waals surface area contributed by atoms with Crippen molar-refractivity contribution in [3.8, 4) is 17.5 Å². The summed E-state index contributed by atoms with van der Waals surface area (Å²) in [5, 5.41) is 23.3. The Bertz CT molecular complexity index is 1320. The first-order valence-corrected chi connectivity index (χ1v) is 8.88. The minimum absolute atomic E-state index is 0.217. The number of H-pyrrole nitrogens is 1. The van der Waals surface area contributed by atoms with E-state index < -0.39 is 12.5 Å². The lowest BCUT2D eigenvalue weighted by Gasteiger charge is -2.10. The number of halogens is 2. The highest BCUT2D eigenvalue weighted by Gasteiger charge is 2.17. The third-order valence-electron chi connectivity index (χ3n) is 4.85. The molecule has 0 saturated carbocycles. The van der Waals surface area contributed by atoms with Crippen LogP contribution in [0.2, 0.25) is 0 Å². The van der Waals surface area contributed by atoms with Crippen LogP contribution < -0.4 is 5.32 Å². The number of nitrogens with zero attached hydrogens (tertiary/aromatic N) is 5. The van der Waals surface area contributed by atoms with E-state index in [9.17, 15) is 13.6 Å². The Labute approximate surface area is 169 Å². The van der Waals surface area contributed by atoms with E-state index in [2.05, 4.69) is 25.6 Å². The van der Waals surface area contributed by atoms with E-state index in [1.807, 2.05) is 6.07 Å². The number of carbonyl (C=O) groups excluding carboxylic acids is 1. The van der Waals surface area contributed by atoms with E-state index in [1.165, 1.54) is 18.5 Å². The summed E-state index contributed by atoms with van der Waals surface area (Å²) in [5.74, 6) is -0.425. The second kappa shape index (κ2) is 7.36. The van der Waals surface area contributed by atoms with Gasteiger partial charge in [-0.25, -0.2) is 9.67 Å². The number of aromatic amines is 1. The highest BCUT2D eigenvalue weighted by Crippen LogP contribution is 2.28. The number of pyridine rings is 1. The van der Waals surface area contributed by atoms with Crippen LogP contribution in [-0.2, 0) is 0 Å². The van der Waals surface area contributed by atoms with E-state index in [-0.39, 0.29) is 11.4 Å². The van der Waals surface area contributed by atoms with Crippen LogP contribution in [-0.4, -0.2) is 30.9 Å². The molecule has 4 rings (SSSR count). The fourth-order valence-corrected chi connectivity index (χ4v) is 3.09. The van der Waals surface area contributed by atoms with Gasteiger partial charge in [0.2, 0.25) is 0 Å². The Morgan fingerprint density at radius 3 is 2.77 bits per heavy atom. The maximum absolute atomic E-state index is 12.8. The monoisotopic (exact) mass is 407 g/mol. The normalized spacial score (nSPS) is 11.1. The molecule has 0 aliphatic heterocycles. The predicted octanol–water partition coefficient (Wildman–Crippen LogP) is 3.96. The molecule has 8 nitrogen and oxygen atoms in total. The molecule has 0 aliphatic carbocycles. The van der Waals surface area contributed by atoms with Crippen molar-refractivity contribution in [1.82, 2.24) is 25.0 Å². The molecule has 1 amide bonds. The Morgan fingerprint density at radius 2 is 2.07 bits per heavy atom. The maximum Gasteiger partial charge on any atom is 0.333 e. The van der Waals surface area contributed by atoms with Crippen LogP contribution in [0.1, 0.15) is 33.7 Å². The molecule has 0 saturated heterocycles. The van der Waals surface area contributed by atoms with Gasteiger partial charge < -0.3 is 5.32 Å². The molecule has 1 aromatic carbocycles. The van der Waals surface area contributed by atoms with Crippen molar-refractivity contribution in [2.45, 2.75) is 20.4 Å². The first-order valence-electron chi connectivity index (χ1n) is 8.88. The summed E-state index contributed by atoms with van der Waals surface area (Å²) in [6.07, 6.45) is 2.54. The molecule has 0 spiro atoms. The quantitative estimate of drug-likeness (QED) is 0.532. The lowest BCUT2D eigenvalue weighted by atomic mass is 10.0. The molecule has 3 aromatic heterocycles. The number of anilines is 1. The molecular weight excluding hydrogens is 392 g/mol. The average molecular weight is 407 g/mol. The van der Waals surface area contributed by atoms with Gasteiger partial charge in [0.05, 0.1) is 11.1 Å². The molecule has 0 bridgehead atoms. The fraction of sp³-hybridized carbons (Fsp3) is 0.150. The summed E-state index contributed by atoms with van der Waals surface area (Å²) in [7, 11) is 0.